The molecule has 19 heteroatoms. The Labute approximate surface area is 343 Å². The first-order valence-electron chi connectivity index (χ1n) is 17.7. The lowest BCUT2D eigenvalue weighted by molar-refractivity contribution is 0.0642. The van der Waals surface area contributed by atoms with Crippen molar-refractivity contribution in [3.63, 3.8) is 0 Å². The first-order valence-corrected chi connectivity index (χ1v) is 23.1. The molecule has 14 nitrogen and oxygen atoms in total. The van der Waals surface area contributed by atoms with Gasteiger partial charge in [0, 0.05) is 85.3 Å². The van der Waals surface area contributed by atoms with Gasteiger partial charge < -0.3 is 24.2 Å². The van der Waals surface area contributed by atoms with Crippen molar-refractivity contribution in [1.82, 2.24) is 29.7 Å². The number of hydrogen-bond donors (Lipinski definition) is 1. The highest BCUT2D eigenvalue weighted by molar-refractivity contribution is 8.15. The summed E-state index contributed by atoms with van der Waals surface area (Å²) in [6.07, 6.45) is 3.01. The van der Waals surface area contributed by atoms with Crippen LogP contribution in [0, 0.1) is 0 Å². The fourth-order valence-electron chi connectivity index (χ4n) is 6.10. The van der Waals surface area contributed by atoms with Crippen molar-refractivity contribution in [3.8, 4) is 21.3 Å². The molecular formula is C38H39ClN6O8S4. The molecule has 0 aliphatic carbocycles. The number of carbonyl (C=O) groups is 2. The van der Waals surface area contributed by atoms with Gasteiger partial charge in [-0.15, -0.1) is 22.7 Å². The maximum absolute atomic E-state index is 13.1. The van der Waals surface area contributed by atoms with Gasteiger partial charge in [-0.2, -0.15) is 4.31 Å². The second kappa shape index (κ2) is 18.7. The van der Waals surface area contributed by atoms with Gasteiger partial charge in [-0.25, -0.2) is 16.8 Å². The molecule has 2 aromatic carbocycles. The quantitative estimate of drug-likeness (QED) is 0.176. The van der Waals surface area contributed by atoms with E-state index in [0.29, 0.717) is 46.0 Å². The third-order valence-corrected chi connectivity index (χ3v) is 15.7. The lowest BCUT2D eigenvalue weighted by atomic mass is 10.1. The molecule has 0 spiro atoms. The van der Waals surface area contributed by atoms with Crippen LogP contribution in [0.2, 0.25) is 0 Å². The average Bonchev–Trinajstić information content (AvgIpc) is 4.06. The van der Waals surface area contributed by atoms with Crippen LogP contribution >= 0.6 is 33.4 Å². The third-order valence-electron chi connectivity index (χ3n) is 8.88. The standard InChI is InChI=1S/C19H19N3O4S2.C12H16N2O.C7H4ClNO3S2/c1-14-13-21(19(23)15-5-3-2-4-6-15)11-12-22(14)28(24,25)18-8-7-17(27-18)16-9-10-20-26-16;1-10-9-14(8-7-13-10)12(15)11-5-3-2-4-6-11;8-14(10,11)7-2-1-6(13-7)5-3-4-9-12-5/h2-10,14H,11-13H2,1H3;2-6,10,13H,7-9H2,1H3;1-4H. The molecule has 57 heavy (non-hydrogen) atoms. The summed E-state index contributed by atoms with van der Waals surface area (Å²) in [5.41, 5.74) is 1.40. The zero-order valence-corrected chi connectivity index (χ0v) is 34.8. The number of piperazine rings is 2. The van der Waals surface area contributed by atoms with Crippen LogP contribution in [0.5, 0.6) is 0 Å². The van der Waals surface area contributed by atoms with E-state index in [1.807, 2.05) is 60.4 Å². The van der Waals surface area contributed by atoms with Crippen molar-refractivity contribution in [2.24, 2.45) is 0 Å². The molecule has 0 saturated carbocycles. The minimum atomic E-state index is -3.64. The molecular weight excluding hydrogens is 832 g/mol. The van der Waals surface area contributed by atoms with Crippen molar-refractivity contribution in [2.45, 2.75) is 34.3 Å². The number of benzene rings is 2. The number of amides is 2. The minimum Gasteiger partial charge on any atom is -0.355 e. The molecule has 0 radical (unpaired) electrons. The number of sulfonamides is 1. The summed E-state index contributed by atoms with van der Waals surface area (Å²) < 4.78 is 59.9. The van der Waals surface area contributed by atoms with Crippen LogP contribution in [0.25, 0.3) is 21.3 Å². The van der Waals surface area contributed by atoms with E-state index < -0.39 is 19.1 Å². The van der Waals surface area contributed by atoms with Crippen LogP contribution in [-0.4, -0.2) is 104 Å². The number of rotatable bonds is 7. The number of thiophene rings is 2. The Kier molecular flexibility index (Phi) is 13.8. The second-order valence-electron chi connectivity index (χ2n) is 13.0. The van der Waals surface area contributed by atoms with Crippen LogP contribution < -0.4 is 5.32 Å². The van der Waals surface area contributed by atoms with E-state index in [1.54, 1.807) is 47.4 Å². The van der Waals surface area contributed by atoms with E-state index in [-0.39, 0.29) is 32.8 Å². The van der Waals surface area contributed by atoms with E-state index >= 15 is 0 Å². The van der Waals surface area contributed by atoms with Gasteiger partial charge >= 0.3 is 0 Å². The zero-order valence-electron chi connectivity index (χ0n) is 30.8. The fourth-order valence-corrected chi connectivity index (χ4v) is 11.1. The molecule has 1 N–H and O–H groups in total. The summed E-state index contributed by atoms with van der Waals surface area (Å²) in [5, 5.41) is 10.5. The number of nitrogens with zero attached hydrogens (tertiary/aromatic N) is 5. The van der Waals surface area contributed by atoms with Crippen LogP contribution in [0.4, 0.5) is 0 Å². The molecule has 6 aromatic rings. The van der Waals surface area contributed by atoms with Gasteiger partial charge in [-0.1, -0.05) is 46.7 Å². The molecule has 6 heterocycles. The number of halogens is 1. The minimum absolute atomic E-state index is 0.0757. The highest BCUT2D eigenvalue weighted by Gasteiger charge is 2.36. The molecule has 4 aromatic heterocycles. The first kappa shape index (κ1) is 41.9. The van der Waals surface area contributed by atoms with E-state index in [2.05, 4.69) is 22.6 Å². The Bertz CT molecular complexity index is 2440. The maximum atomic E-state index is 13.1. The fraction of sp³-hybridized carbons (Fsp3) is 0.263. The summed E-state index contributed by atoms with van der Waals surface area (Å²) in [6.45, 7) is 7.39. The maximum Gasteiger partial charge on any atom is 0.270 e. The van der Waals surface area contributed by atoms with Crippen LogP contribution in [0.3, 0.4) is 0 Å². The molecule has 2 amide bonds. The normalized spacial score (nSPS) is 17.5. The van der Waals surface area contributed by atoms with E-state index in [9.17, 15) is 26.4 Å². The van der Waals surface area contributed by atoms with Gasteiger partial charge in [0.2, 0.25) is 0 Å². The van der Waals surface area contributed by atoms with Crippen molar-refractivity contribution >= 4 is 64.2 Å². The monoisotopic (exact) mass is 870 g/mol. The lowest BCUT2D eigenvalue weighted by Crippen LogP contribution is -2.55. The number of carbonyl (C=O) groups excluding carboxylic acids is 2. The van der Waals surface area contributed by atoms with Gasteiger partial charge in [0.1, 0.15) is 8.42 Å². The average molecular weight is 871 g/mol. The Morgan fingerprint density at radius 1 is 0.684 bits per heavy atom. The molecule has 2 atom stereocenters. The molecule has 0 bridgehead atoms. The highest BCUT2D eigenvalue weighted by atomic mass is 35.7. The summed E-state index contributed by atoms with van der Waals surface area (Å²) in [5.74, 6) is 1.14. The molecule has 2 aliphatic heterocycles. The van der Waals surface area contributed by atoms with E-state index in [1.165, 1.54) is 22.8 Å². The van der Waals surface area contributed by atoms with Gasteiger partial charge in [0.25, 0.3) is 30.9 Å². The Morgan fingerprint density at radius 2 is 1.19 bits per heavy atom. The molecule has 2 saturated heterocycles. The van der Waals surface area contributed by atoms with Gasteiger partial charge in [-0.05, 0) is 62.4 Å². The molecule has 2 unspecified atom stereocenters. The zero-order chi connectivity index (χ0) is 40.6. The Morgan fingerprint density at radius 3 is 1.65 bits per heavy atom. The predicted octanol–water partition coefficient (Wildman–Crippen LogP) is 6.39. The summed E-state index contributed by atoms with van der Waals surface area (Å²) in [4.78, 5) is 29.7. The van der Waals surface area contributed by atoms with Crippen molar-refractivity contribution in [1.29, 1.82) is 0 Å². The number of nitrogens with one attached hydrogen (secondary N) is 1. The Balaban J connectivity index is 0.000000159. The number of aromatic nitrogens is 2. The predicted molar refractivity (Wildman–Crippen MR) is 218 cm³/mol. The van der Waals surface area contributed by atoms with Gasteiger partial charge in [-0.3, -0.25) is 9.59 Å². The van der Waals surface area contributed by atoms with Crippen molar-refractivity contribution < 1.29 is 35.5 Å². The smallest absolute Gasteiger partial charge is 0.270 e. The SMILES string of the molecule is CC1CN(C(=O)c2ccccc2)CCN1.CC1CN(C(=O)c2ccccc2)CCN1S(=O)(=O)c1ccc(-c2ccno2)s1.O=S(=O)(Cl)c1ccc(-c2ccno2)s1. The van der Waals surface area contributed by atoms with Crippen LogP contribution in [0.15, 0.2) is 127 Å². The summed E-state index contributed by atoms with van der Waals surface area (Å²) in [7, 11) is -2.12. The summed E-state index contributed by atoms with van der Waals surface area (Å²) >= 11 is 2.20. The van der Waals surface area contributed by atoms with Gasteiger partial charge in [0.15, 0.2) is 11.5 Å². The molecule has 2 aliphatic rings. The van der Waals surface area contributed by atoms with Crippen LogP contribution in [-0.2, 0) is 19.1 Å². The second-order valence-corrected chi connectivity index (χ2v) is 20.1. The van der Waals surface area contributed by atoms with E-state index in [4.69, 9.17) is 19.7 Å². The lowest BCUT2D eigenvalue weighted by Gasteiger charge is -2.38. The molecule has 8 rings (SSSR count). The Hall–Kier alpha value is -4.69. The van der Waals surface area contributed by atoms with Crippen molar-refractivity contribution in [3.05, 3.63) is 121 Å². The van der Waals surface area contributed by atoms with Crippen LogP contribution in [0.1, 0.15) is 34.6 Å². The largest absolute Gasteiger partial charge is 0.355 e. The third kappa shape index (κ3) is 10.6. The molecule has 2 fully saturated rings. The van der Waals surface area contributed by atoms with Gasteiger partial charge in [0.05, 0.1) is 22.1 Å². The first-order chi connectivity index (χ1) is 27.3. The molecule has 300 valence electrons. The topological polar surface area (TPSA) is 176 Å². The van der Waals surface area contributed by atoms with Crippen molar-refractivity contribution in [2.75, 3.05) is 39.3 Å². The number of hydrogen-bond acceptors (Lipinski definition) is 13. The highest BCUT2D eigenvalue weighted by Crippen LogP contribution is 2.34. The van der Waals surface area contributed by atoms with E-state index in [0.717, 1.165) is 47.9 Å². The summed E-state index contributed by atoms with van der Waals surface area (Å²) in [6, 6.07) is 28.3.